The van der Waals surface area contributed by atoms with Crippen molar-refractivity contribution in [3.8, 4) is 5.75 Å². The van der Waals surface area contributed by atoms with Gasteiger partial charge in [0.25, 0.3) is 0 Å². The Morgan fingerprint density at radius 1 is 0.830 bits per heavy atom. The van der Waals surface area contributed by atoms with Crippen molar-refractivity contribution in [1.29, 1.82) is 0 Å². The Morgan fingerprint density at radius 2 is 1.47 bits per heavy atom. The van der Waals surface area contributed by atoms with Gasteiger partial charge in [0, 0.05) is 46.6 Å². The van der Waals surface area contributed by atoms with E-state index in [1.807, 2.05) is 72.8 Å². The molecule has 0 saturated carbocycles. The summed E-state index contributed by atoms with van der Waals surface area (Å²) >= 11 is 6.54. The van der Waals surface area contributed by atoms with Crippen LogP contribution in [0.1, 0.15) is 49.9 Å². The molecule has 274 valence electrons. The second kappa shape index (κ2) is 15.8. The first kappa shape index (κ1) is 37.6. The Bertz CT molecular complexity index is 2290. The molecule has 53 heavy (non-hydrogen) atoms. The van der Waals surface area contributed by atoms with Gasteiger partial charge < -0.3 is 14.4 Å². The quantitative estimate of drug-likeness (QED) is 0.108. The van der Waals surface area contributed by atoms with Crippen LogP contribution < -0.4 is 9.46 Å². The molecule has 0 saturated heterocycles. The van der Waals surface area contributed by atoms with E-state index in [2.05, 4.69) is 9.29 Å². The molecule has 6 rings (SSSR count). The fourth-order valence-corrected chi connectivity index (χ4v) is 7.88. The molecule has 5 aromatic carbocycles. The van der Waals surface area contributed by atoms with Crippen LogP contribution in [0, 0.1) is 5.82 Å². The summed E-state index contributed by atoms with van der Waals surface area (Å²) in [6, 6.07) is 32.8. The lowest BCUT2D eigenvalue weighted by molar-refractivity contribution is -0.138. The second-order valence-electron chi connectivity index (χ2n) is 12.3. The van der Waals surface area contributed by atoms with Gasteiger partial charge >= 0.3 is 12.1 Å². The minimum absolute atomic E-state index is 0.0910. The number of rotatable bonds is 14. The lowest BCUT2D eigenvalue weighted by atomic mass is 9.97. The molecule has 0 aliphatic rings. The molecule has 7 nitrogen and oxygen atoms in total. The monoisotopic (exact) mass is 764 g/mol. The number of hydrogen-bond donors (Lipinski definition) is 2. The summed E-state index contributed by atoms with van der Waals surface area (Å²) in [5.41, 5.74) is 1.99. The van der Waals surface area contributed by atoms with Crippen molar-refractivity contribution in [3.05, 3.63) is 171 Å². The Morgan fingerprint density at radius 3 is 2.08 bits per heavy atom. The van der Waals surface area contributed by atoms with Gasteiger partial charge in [-0.2, -0.15) is 13.2 Å². The number of aromatic nitrogens is 1. The lowest BCUT2D eigenvalue weighted by Crippen LogP contribution is -2.29. The molecule has 0 fully saturated rings. The molecule has 0 spiro atoms. The SMILES string of the molecule is O=C(O)c1ccc(OCCc2c(CCNS(=O)(=O)Cc3c(F)cccc3C(F)(F)F)n(C(c3ccccc3)c3ccccc3)c3ccc(Cl)cc23)cc1. The highest BCUT2D eigenvalue weighted by molar-refractivity contribution is 7.88. The number of alkyl halides is 3. The predicted molar refractivity (Wildman–Crippen MR) is 195 cm³/mol. The zero-order valence-corrected chi connectivity index (χ0v) is 29.6. The van der Waals surface area contributed by atoms with E-state index >= 15 is 0 Å². The molecule has 0 unspecified atom stereocenters. The van der Waals surface area contributed by atoms with E-state index in [0.717, 1.165) is 45.4 Å². The lowest BCUT2D eigenvalue weighted by Gasteiger charge is -2.25. The third kappa shape index (κ3) is 8.73. The Balaban J connectivity index is 1.40. The van der Waals surface area contributed by atoms with Crippen LogP contribution in [0.3, 0.4) is 0 Å². The summed E-state index contributed by atoms with van der Waals surface area (Å²) in [5, 5.41) is 10.5. The Labute approximate surface area is 308 Å². The second-order valence-corrected chi connectivity index (χ2v) is 14.5. The van der Waals surface area contributed by atoms with Crippen molar-refractivity contribution >= 4 is 38.5 Å². The summed E-state index contributed by atoms with van der Waals surface area (Å²) in [5.74, 6) is -3.09. The van der Waals surface area contributed by atoms with E-state index < -0.39 is 50.9 Å². The van der Waals surface area contributed by atoms with Crippen LogP contribution in [-0.4, -0.2) is 37.2 Å². The molecule has 6 aromatic rings. The zero-order valence-electron chi connectivity index (χ0n) is 28.0. The van der Waals surface area contributed by atoms with Crippen LogP contribution >= 0.6 is 11.6 Å². The number of aromatic carboxylic acids is 1. The number of nitrogens with one attached hydrogen (secondary N) is 1. The number of benzene rings is 5. The molecule has 0 atom stereocenters. The fraction of sp³-hybridized carbons (Fsp3) is 0.175. The standard InChI is InChI=1S/C40H33ClF4N2O5S/c41-29-16-19-36-32(24-29)31(21-23-52-30-17-14-28(15-18-30)39(48)49)37(47(36)38(26-8-3-1-4-9-26)27-10-5-2-6-11-27)20-22-46-53(50,51)25-33-34(40(43,44)45)12-7-13-35(33)42/h1-19,24,38,46H,20-23,25H2,(H,48,49). The molecule has 1 aromatic heterocycles. The largest absolute Gasteiger partial charge is 0.493 e. The molecular formula is C40H33ClF4N2O5S. The highest BCUT2D eigenvalue weighted by atomic mass is 35.5. The summed E-state index contributed by atoms with van der Waals surface area (Å²) < 4.78 is 92.7. The molecule has 13 heteroatoms. The highest BCUT2D eigenvalue weighted by Crippen LogP contribution is 2.38. The molecule has 0 amide bonds. The van der Waals surface area contributed by atoms with Gasteiger partial charge in [-0.05, 0) is 71.3 Å². The van der Waals surface area contributed by atoms with E-state index in [0.29, 0.717) is 23.3 Å². The number of halogens is 5. The first-order valence-electron chi connectivity index (χ1n) is 16.5. The van der Waals surface area contributed by atoms with Gasteiger partial charge in [0.05, 0.1) is 29.5 Å². The maximum Gasteiger partial charge on any atom is 0.416 e. The summed E-state index contributed by atoms with van der Waals surface area (Å²) in [4.78, 5) is 11.3. The Hall–Kier alpha value is -5.17. The molecule has 0 aliphatic heterocycles. The Kier molecular flexibility index (Phi) is 11.2. The third-order valence-electron chi connectivity index (χ3n) is 8.84. The van der Waals surface area contributed by atoms with Crippen LogP contribution in [0.15, 0.2) is 121 Å². The topological polar surface area (TPSA) is 97.6 Å². The van der Waals surface area contributed by atoms with E-state index in [9.17, 15) is 35.9 Å². The predicted octanol–water partition coefficient (Wildman–Crippen LogP) is 9.07. The number of hydrogen-bond acceptors (Lipinski definition) is 4. The average molecular weight is 765 g/mol. The minimum Gasteiger partial charge on any atom is -0.493 e. The number of fused-ring (bicyclic) bond motifs is 1. The summed E-state index contributed by atoms with van der Waals surface area (Å²) in [7, 11) is -4.45. The van der Waals surface area contributed by atoms with Crippen molar-refractivity contribution < 1.29 is 40.6 Å². The highest BCUT2D eigenvalue weighted by Gasteiger charge is 2.36. The van der Waals surface area contributed by atoms with Gasteiger partial charge in [0.15, 0.2) is 0 Å². The van der Waals surface area contributed by atoms with Gasteiger partial charge in [-0.15, -0.1) is 0 Å². The van der Waals surface area contributed by atoms with Gasteiger partial charge in [0.1, 0.15) is 11.6 Å². The van der Waals surface area contributed by atoms with Crippen LogP contribution in [-0.2, 0) is 34.8 Å². The van der Waals surface area contributed by atoms with Gasteiger partial charge in [0.2, 0.25) is 10.0 Å². The zero-order chi connectivity index (χ0) is 37.8. The molecule has 2 N–H and O–H groups in total. The maximum absolute atomic E-state index is 14.6. The van der Waals surface area contributed by atoms with Crippen molar-refractivity contribution in [3.63, 3.8) is 0 Å². The number of sulfonamides is 1. The van der Waals surface area contributed by atoms with Crippen molar-refractivity contribution in [1.82, 2.24) is 9.29 Å². The van der Waals surface area contributed by atoms with Crippen molar-refractivity contribution in [2.75, 3.05) is 13.2 Å². The summed E-state index contributed by atoms with van der Waals surface area (Å²) in [6.07, 6.45) is -4.53. The van der Waals surface area contributed by atoms with E-state index in [1.54, 1.807) is 18.2 Å². The summed E-state index contributed by atoms with van der Waals surface area (Å²) in [6.45, 7) is -0.0609. The van der Waals surface area contributed by atoms with Gasteiger partial charge in [-0.1, -0.05) is 78.3 Å². The fourth-order valence-electron chi connectivity index (χ4n) is 6.51. The maximum atomic E-state index is 14.6. The first-order chi connectivity index (χ1) is 25.3. The van der Waals surface area contributed by atoms with Gasteiger partial charge in [-0.3, -0.25) is 0 Å². The van der Waals surface area contributed by atoms with Gasteiger partial charge in [-0.25, -0.2) is 22.3 Å². The van der Waals surface area contributed by atoms with E-state index in [1.165, 1.54) is 12.1 Å². The number of nitrogens with zero attached hydrogens (tertiary/aromatic N) is 1. The molecule has 0 radical (unpaired) electrons. The number of ether oxygens (including phenoxy) is 1. The number of carboxylic acid groups (broad SMARTS) is 1. The smallest absolute Gasteiger partial charge is 0.416 e. The van der Waals surface area contributed by atoms with Crippen molar-refractivity contribution in [2.45, 2.75) is 30.8 Å². The van der Waals surface area contributed by atoms with Crippen LogP contribution in [0.2, 0.25) is 5.02 Å². The minimum atomic E-state index is -4.95. The van der Waals surface area contributed by atoms with Crippen LogP contribution in [0.25, 0.3) is 10.9 Å². The van der Waals surface area contributed by atoms with Crippen LogP contribution in [0.5, 0.6) is 5.75 Å². The number of carbonyl (C=O) groups is 1. The molecule has 0 aliphatic carbocycles. The van der Waals surface area contributed by atoms with Crippen molar-refractivity contribution in [2.24, 2.45) is 0 Å². The first-order valence-corrected chi connectivity index (χ1v) is 18.5. The molecular weight excluding hydrogens is 732 g/mol. The average Bonchev–Trinajstić information content (AvgIpc) is 3.41. The number of carboxylic acids is 1. The van der Waals surface area contributed by atoms with E-state index in [-0.39, 0.29) is 25.1 Å². The molecule has 1 heterocycles. The normalized spacial score (nSPS) is 12.0. The third-order valence-corrected chi connectivity index (χ3v) is 10.4. The van der Waals surface area contributed by atoms with Crippen LogP contribution in [0.4, 0.5) is 17.6 Å². The van der Waals surface area contributed by atoms with E-state index in [4.69, 9.17) is 16.3 Å². The molecule has 0 bridgehead atoms.